The van der Waals surface area contributed by atoms with E-state index in [1.807, 2.05) is 19.9 Å². The SMILES string of the molecule is CCOCCOc1ccc(C(=O)Nc2cc(Cl)ccc2C)cc1. The average molecular weight is 334 g/mol. The molecule has 0 fully saturated rings. The summed E-state index contributed by atoms with van der Waals surface area (Å²) in [5.41, 5.74) is 2.22. The van der Waals surface area contributed by atoms with Crippen LogP contribution in [0.25, 0.3) is 0 Å². The van der Waals surface area contributed by atoms with Gasteiger partial charge in [0, 0.05) is 22.9 Å². The zero-order valence-corrected chi connectivity index (χ0v) is 14.0. The fourth-order valence-electron chi connectivity index (χ4n) is 1.99. The van der Waals surface area contributed by atoms with Crippen molar-refractivity contribution < 1.29 is 14.3 Å². The molecule has 0 aliphatic heterocycles. The van der Waals surface area contributed by atoms with Crippen molar-refractivity contribution in [2.45, 2.75) is 13.8 Å². The van der Waals surface area contributed by atoms with E-state index in [2.05, 4.69) is 5.32 Å². The monoisotopic (exact) mass is 333 g/mol. The Hall–Kier alpha value is -2.04. The first kappa shape index (κ1) is 17.3. The fraction of sp³-hybridized carbons (Fsp3) is 0.278. The minimum absolute atomic E-state index is 0.184. The smallest absolute Gasteiger partial charge is 0.255 e. The molecule has 0 atom stereocenters. The Morgan fingerprint density at radius 2 is 1.87 bits per heavy atom. The van der Waals surface area contributed by atoms with Crippen molar-refractivity contribution in [1.82, 2.24) is 0 Å². The predicted molar refractivity (Wildman–Crippen MR) is 92.6 cm³/mol. The van der Waals surface area contributed by atoms with Gasteiger partial charge >= 0.3 is 0 Å². The maximum atomic E-state index is 12.3. The van der Waals surface area contributed by atoms with Gasteiger partial charge in [-0.3, -0.25) is 4.79 Å². The Bertz CT molecular complexity index is 656. The Labute approximate surface area is 141 Å². The summed E-state index contributed by atoms with van der Waals surface area (Å²) in [5.74, 6) is 0.524. The summed E-state index contributed by atoms with van der Waals surface area (Å²) in [7, 11) is 0. The summed E-state index contributed by atoms with van der Waals surface area (Å²) in [6.07, 6.45) is 0. The van der Waals surface area contributed by atoms with Gasteiger partial charge in [0.2, 0.25) is 0 Å². The van der Waals surface area contributed by atoms with Crippen molar-refractivity contribution in [2.24, 2.45) is 0 Å². The Balaban J connectivity index is 1.96. The molecule has 0 spiro atoms. The van der Waals surface area contributed by atoms with Gasteiger partial charge in [-0.1, -0.05) is 17.7 Å². The Morgan fingerprint density at radius 1 is 1.13 bits per heavy atom. The van der Waals surface area contributed by atoms with E-state index in [0.29, 0.717) is 41.8 Å². The maximum Gasteiger partial charge on any atom is 0.255 e. The topological polar surface area (TPSA) is 47.6 Å². The minimum atomic E-state index is -0.184. The number of rotatable bonds is 7. The number of halogens is 1. The molecule has 122 valence electrons. The fourth-order valence-corrected chi connectivity index (χ4v) is 2.16. The van der Waals surface area contributed by atoms with Crippen LogP contribution in [-0.2, 0) is 4.74 Å². The summed E-state index contributed by atoms with van der Waals surface area (Å²) >= 11 is 5.96. The van der Waals surface area contributed by atoms with Crippen LogP contribution in [0.5, 0.6) is 5.75 Å². The second kappa shape index (κ2) is 8.56. The summed E-state index contributed by atoms with van der Waals surface area (Å²) in [6, 6.07) is 12.4. The minimum Gasteiger partial charge on any atom is -0.491 e. The largest absolute Gasteiger partial charge is 0.491 e. The highest BCUT2D eigenvalue weighted by molar-refractivity contribution is 6.31. The van der Waals surface area contributed by atoms with Crippen molar-refractivity contribution in [3.8, 4) is 5.75 Å². The summed E-state index contributed by atoms with van der Waals surface area (Å²) in [5, 5.41) is 3.45. The van der Waals surface area contributed by atoms with Crippen LogP contribution in [0.1, 0.15) is 22.8 Å². The Kier molecular flexibility index (Phi) is 6.44. The summed E-state index contributed by atoms with van der Waals surface area (Å²) in [6.45, 7) is 5.57. The molecule has 2 rings (SSSR count). The van der Waals surface area contributed by atoms with Gasteiger partial charge in [-0.25, -0.2) is 0 Å². The van der Waals surface area contributed by atoms with Crippen LogP contribution in [-0.4, -0.2) is 25.7 Å². The van der Waals surface area contributed by atoms with Gasteiger partial charge in [0.15, 0.2) is 0 Å². The molecule has 0 bridgehead atoms. The number of amides is 1. The van der Waals surface area contributed by atoms with E-state index in [0.717, 1.165) is 5.56 Å². The predicted octanol–water partition coefficient (Wildman–Crippen LogP) is 4.32. The lowest BCUT2D eigenvalue weighted by Gasteiger charge is -2.10. The second-order valence-electron chi connectivity index (χ2n) is 4.98. The molecule has 0 saturated carbocycles. The third-order valence-corrected chi connectivity index (χ3v) is 3.50. The van der Waals surface area contributed by atoms with Crippen LogP contribution in [0.2, 0.25) is 5.02 Å². The van der Waals surface area contributed by atoms with Crippen molar-refractivity contribution in [2.75, 3.05) is 25.1 Å². The number of hydrogen-bond acceptors (Lipinski definition) is 3. The highest BCUT2D eigenvalue weighted by atomic mass is 35.5. The van der Waals surface area contributed by atoms with Crippen molar-refractivity contribution >= 4 is 23.2 Å². The number of nitrogens with one attached hydrogen (secondary N) is 1. The third kappa shape index (κ3) is 5.27. The number of hydrogen-bond donors (Lipinski definition) is 1. The molecular weight excluding hydrogens is 314 g/mol. The van der Waals surface area contributed by atoms with Crippen LogP contribution in [0.3, 0.4) is 0 Å². The molecule has 23 heavy (non-hydrogen) atoms. The molecule has 5 heteroatoms. The first-order valence-electron chi connectivity index (χ1n) is 7.48. The molecule has 2 aromatic carbocycles. The Morgan fingerprint density at radius 3 is 2.57 bits per heavy atom. The van der Waals surface area contributed by atoms with E-state index in [4.69, 9.17) is 21.1 Å². The number of carbonyl (C=O) groups is 1. The second-order valence-corrected chi connectivity index (χ2v) is 5.42. The maximum absolute atomic E-state index is 12.3. The normalized spacial score (nSPS) is 10.4. The van der Waals surface area contributed by atoms with E-state index in [1.54, 1.807) is 36.4 Å². The standard InChI is InChI=1S/C18H20ClNO3/c1-3-22-10-11-23-16-8-5-14(6-9-16)18(21)20-17-12-15(19)7-4-13(17)2/h4-9,12H,3,10-11H2,1-2H3,(H,20,21). The molecule has 4 nitrogen and oxygen atoms in total. The molecule has 0 radical (unpaired) electrons. The number of carbonyl (C=O) groups excluding carboxylic acids is 1. The van der Waals surface area contributed by atoms with E-state index < -0.39 is 0 Å². The zero-order valence-electron chi connectivity index (χ0n) is 13.3. The molecule has 0 saturated heterocycles. The van der Waals surface area contributed by atoms with Crippen LogP contribution in [0.4, 0.5) is 5.69 Å². The first-order valence-corrected chi connectivity index (χ1v) is 7.86. The van der Waals surface area contributed by atoms with Crippen LogP contribution in [0, 0.1) is 6.92 Å². The van der Waals surface area contributed by atoms with Gasteiger partial charge in [0.25, 0.3) is 5.91 Å². The van der Waals surface area contributed by atoms with E-state index in [1.165, 1.54) is 0 Å². The zero-order chi connectivity index (χ0) is 16.7. The van der Waals surface area contributed by atoms with Gasteiger partial charge in [0.1, 0.15) is 12.4 Å². The van der Waals surface area contributed by atoms with Crippen LogP contribution in [0.15, 0.2) is 42.5 Å². The molecule has 0 aliphatic carbocycles. The van der Waals surface area contributed by atoms with E-state index >= 15 is 0 Å². The van der Waals surface area contributed by atoms with Crippen LogP contribution < -0.4 is 10.1 Å². The molecule has 0 aromatic heterocycles. The highest BCUT2D eigenvalue weighted by Crippen LogP contribution is 2.21. The molecule has 1 amide bonds. The lowest BCUT2D eigenvalue weighted by atomic mass is 10.1. The van der Waals surface area contributed by atoms with E-state index in [-0.39, 0.29) is 5.91 Å². The molecule has 1 N–H and O–H groups in total. The molecule has 0 heterocycles. The lowest BCUT2D eigenvalue weighted by molar-refractivity contribution is 0.102. The van der Waals surface area contributed by atoms with Gasteiger partial charge in [-0.2, -0.15) is 0 Å². The highest BCUT2D eigenvalue weighted by Gasteiger charge is 2.08. The van der Waals surface area contributed by atoms with Gasteiger partial charge in [0.05, 0.1) is 6.61 Å². The summed E-state index contributed by atoms with van der Waals surface area (Å²) in [4.78, 5) is 12.3. The van der Waals surface area contributed by atoms with E-state index in [9.17, 15) is 4.79 Å². The van der Waals surface area contributed by atoms with Crippen molar-refractivity contribution in [3.05, 3.63) is 58.6 Å². The number of aryl methyl sites for hydroxylation is 1. The van der Waals surface area contributed by atoms with Crippen LogP contribution >= 0.6 is 11.6 Å². The van der Waals surface area contributed by atoms with Gasteiger partial charge in [-0.15, -0.1) is 0 Å². The first-order chi connectivity index (χ1) is 11.1. The van der Waals surface area contributed by atoms with Crippen molar-refractivity contribution in [3.63, 3.8) is 0 Å². The number of benzene rings is 2. The quantitative estimate of drug-likeness (QED) is 0.768. The van der Waals surface area contributed by atoms with Crippen molar-refractivity contribution in [1.29, 1.82) is 0 Å². The molecule has 2 aromatic rings. The molecule has 0 aliphatic rings. The average Bonchev–Trinajstić information content (AvgIpc) is 2.55. The number of anilines is 1. The lowest BCUT2D eigenvalue weighted by Crippen LogP contribution is -2.13. The molecule has 0 unspecified atom stereocenters. The molecular formula is C18H20ClNO3. The summed E-state index contributed by atoms with van der Waals surface area (Å²) < 4.78 is 10.7. The van der Waals surface area contributed by atoms with Gasteiger partial charge in [-0.05, 0) is 55.8 Å². The number of ether oxygens (including phenoxy) is 2. The third-order valence-electron chi connectivity index (χ3n) is 3.26. The van der Waals surface area contributed by atoms with Gasteiger partial charge < -0.3 is 14.8 Å².